The second-order valence-corrected chi connectivity index (χ2v) is 1.64. The van der Waals surface area contributed by atoms with Gasteiger partial charge >= 0.3 is 0 Å². The van der Waals surface area contributed by atoms with Crippen LogP contribution in [0.25, 0.3) is 0 Å². The molecule has 0 unspecified atom stereocenters. The first-order valence-corrected chi connectivity index (χ1v) is 2.78. The molecule has 0 saturated heterocycles. The largest absolute Gasteiger partial charge is 0.360 e. The van der Waals surface area contributed by atoms with Crippen LogP contribution in [-0.4, -0.2) is 5.16 Å². The average Bonchev–Trinajstić information content (AvgIpc) is 2.40. The van der Waals surface area contributed by atoms with Crippen LogP contribution in [0.1, 0.15) is 11.5 Å². The number of aromatic nitrogens is 1. The van der Waals surface area contributed by atoms with Crippen molar-refractivity contribution in [3.63, 3.8) is 0 Å². The SMILES string of the molecule is C#C.Cc1cc(CN)on1. The summed E-state index contributed by atoms with van der Waals surface area (Å²) >= 11 is 0. The summed E-state index contributed by atoms with van der Waals surface area (Å²) in [5.74, 6) is 0.738. The zero-order valence-corrected chi connectivity index (χ0v) is 5.87. The van der Waals surface area contributed by atoms with E-state index in [0.717, 1.165) is 11.5 Å². The molecule has 0 amide bonds. The molecule has 1 aromatic rings. The van der Waals surface area contributed by atoms with Crippen molar-refractivity contribution < 1.29 is 4.52 Å². The highest BCUT2D eigenvalue weighted by Gasteiger charge is 1.93. The fraction of sp³-hybridized carbons (Fsp3) is 0.286. The zero-order valence-electron chi connectivity index (χ0n) is 5.87. The molecular weight excluding hydrogens is 128 g/mol. The highest BCUT2D eigenvalue weighted by Crippen LogP contribution is 1.98. The molecular formula is C7H10N2O. The Morgan fingerprint density at radius 2 is 2.30 bits per heavy atom. The predicted octanol–water partition coefficient (Wildman–Crippen LogP) is 0.691. The Labute approximate surface area is 60.2 Å². The van der Waals surface area contributed by atoms with Crippen LogP contribution >= 0.6 is 0 Å². The third-order valence-electron chi connectivity index (χ3n) is 0.878. The predicted molar refractivity (Wildman–Crippen MR) is 39.0 cm³/mol. The van der Waals surface area contributed by atoms with Crippen molar-refractivity contribution in [1.82, 2.24) is 5.16 Å². The second-order valence-electron chi connectivity index (χ2n) is 1.64. The number of rotatable bonds is 1. The summed E-state index contributed by atoms with van der Waals surface area (Å²) in [7, 11) is 0. The van der Waals surface area contributed by atoms with E-state index in [4.69, 9.17) is 10.3 Å². The topological polar surface area (TPSA) is 52.0 Å². The molecule has 0 aromatic carbocycles. The summed E-state index contributed by atoms with van der Waals surface area (Å²) in [6.45, 7) is 2.30. The first-order valence-electron chi connectivity index (χ1n) is 2.78. The molecule has 2 N–H and O–H groups in total. The number of aryl methyl sites for hydroxylation is 1. The Bertz CT molecular complexity index is 202. The van der Waals surface area contributed by atoms with Gasteiger partial charge in [0, 0.05) is 6.07 Å². The van der Waals surface area contributed by atoms with Crippen molar-refractivity contribution in [1.29, 1.82) is 0 Å². The van der Waals surface area contributed by atoms with Gasteiger partial charge in [0.05, 0.1) is 12.2 Å². The van der Waals surface area contributed by atoms with Gasteiger partial charge in [-0.05, 0) is 6.92 Å². The molecule has 0 radical (unpaired) electrons. The molecule has 54 valence electrons. The normalized spacial score (nSPS) is 8.00. The van der Waals surface area contributed by atoms with E-state index in [-0.39, 0.29) is 0 Å². The minimum Gasteiger partial charge on any atom is -0.360 e. The van der Waals surface area contributed by atoms with E-state index in [2.05, 4.69) is 18.0 Å². The molecule has 3 nitrogen and oxygen atoms in total. The number of terminal acetylenes is 1. The maximum atomic E-state index is 5.23. The van der Waals surface area contributed by atoms with E-state index in [0.29, 0.717) is 6.54 Å². The molecule has 10 heavy (non-hydrogen) atoms. The zero-order chi connectivity index (χ0) is 7.98. The molecule has 0 aliphatic carbocycles. The minimum absolute atomic E-state index is 0.431. The first-order chi connectivity index (χ1) is 4.83. The molecule has 3 heteroatoms. The molecule has 0 aliphatic rings. The number of nitrogens with zero attached hydrogens (tertiary/aromatic N) is 1. The van der Waals surface area contributed by atoms with Gasteiger partial charge < -0.3 is 10.3 Å². The fourth-order valence-electron chi connectivity index (χ4n) is 0.513. The highest BCUT2D eigenvalue weighted by molar-refractivity contribution is 5.01. The maximum absolute atomic E-state index is 5.23. The summed E-state index contributed by atoms with van der Waals surface area (Å²) in [5, 5.41) is 3.63. The Morgan fingerprint density at radius 1 is 1.70 bits per heavy atom. The van der Waals surface area contributed by atoms with Crippen molar-refractivity contribution in [3.05, 3.63) is 17.5 Å². The van der Waals surface area contributed by atoms with Gasteiger partial charge in [0.2, 0.25) is 0 Å². The Morgan fingerprint density at radius 3 is 2.50 bits per heavy atom. The van der Waals surface area contributed by atoms with Crippen molar-refractivity contribution >= 4 is 0 Å². The van der Waals surface area contributed by atoms with Gasteiger partial charge in [0.15, 0.2) is 5.76 Å². The maximum Gasteiger partial charge on any atom is 0.150 e. The Hall–Kier alpha value is -1.27. The van der Waals surface area contributed by atoms with Crippen LogP contribution in [0, 0.1) is 19.8 Å². The van der Waals surface area contributed by atoms with Gasteiger partial charge in [0.1, 0.15) is 0 Å². The van der Waals surface area contributed by atoms with E-state index in [9.17, 15) is 0 Å². The summed E-state index contributed by atoms with van der Waals surface area (Å²) in [6, 6.07) is 1.82. The molecule has 1 aromatic heterocycles. The van der Waals surface area contributed by atoms with Gasteiger partial charge in [-0.25, -0.2) is 0 Å². The van der Waals surface area contributed by atoms with Crippen LogP contribution in [0.15, 0.2) is 10.6 Å². The monoisotopic (exact) mass is 138 g/mol. The third kappa shape index (κ3) is 2.33. The molecule has 0 bridgehead atoms. The molecule has 0 spiro atoms. The van der Waals surface area contributed by atoms with Crippen LogP contribution in [-0.2, 0) is 6.54 Å². The smallest absolute Gasteiger partial charge is 0.150 e. The molecule has 0 atom stereocenters. The summed E-state index contributed by atoms with van der Waals surface area (Å²) in [6.07, 6.45) is 8.00. The first kappa shape index (κ1) is 8.73. The number of nitrogens with two attached hydrogens (primary N) is 1. The van der Waals surface area contributed by atoms with Gasteiger partial charge in [-0.3, -0.25) is 0 Å². The Kier molecular flexibility index (Phi) is 4.01. The lowest BCUT2D eigenvalue weighted by Crippen LogP contribution is -1.92. The summed E-state index contributed by atoms with van der Waals surface area (Å²) in [5.41, 5.74) is 6.11. The summed E-state index contributed by atoms with van der Waals surface area (Å²) < 4.78 is 4.74. The van der Waals surface area contributed by atoms with Crippen LogP contribution < -0.4 is 5.73 Å². The van der Waals surface area contributed by atoms with Crippen molar-refractivity contribution in [3.8, 4) is 12.8 Å². The van der Waals surface area contributed by atoms with Crippen molar-refractivity contribution in [2.24, 2.45) is 5.73 Å². The Balaban J connectivity index is 0.000000371. The van der Waals surface area contributed by atoms with Gasteiger partial charge in [-0.1, -0.05) is 5.16 Å². The van der Waals surface area contributed by atoms with Crippen LogP contribution in [0.2, 0.25) is 0 Å². The molecule has 1 rings (SSSR count). The lowest BCUT2D eigenvalue weighted by atomic mass is 10.4. The highest BCUT2D eigenvalue weighted by atomic mass is 16.5. The lowest BCUT2D eigenvalue weighted by molar-refractivity contribution is 0.381. The van der Waals surface area contributed by atoms with E-state index in [1.54, 1.807) is 0 Å². The van der Waals surface area contributed by atoms with Gasteiger partial charge in [-0.15, -0.1) is 12.8 Å². The van der Waals surface area contributed by atoms with Gasteiger partial charge in [-0.2, -0.15) is 0 Å². The van der Waals surface area contributed by atoms with E-state index in [1.807, 2.05) is 13.0 Å². The number of hydrogen-bond donors (Lipinski definition) is 1. The molecule has 0 fully saturated rings. The van der Waals surface area contributed by atoms with E-state index < -0.39 is 0 Å². The lowest BCUT2D eigenvalue weighted by Gasteiger charge is -1.77. The van der Waals surface area contributed by atoms with Crippen LogP contribution in [0.5, 0.6) is 0 Å². The van der Waals surface area contributed by atoms with Crippen LogP contribution in [0.4, 0.5) is 0 Å². The van der Waals surface area contributed by atoms with E-state index in [1.165, 1.54) is 0 Å². The van der Waals surface area contributed by atoms with Gasteiger partial charge in [0.25, 0.3) is 0 Å². The van der Waals surface area contributed by atoms with Crippen molar-refractivity contribution in [2.75, 3.05) is 0 Å². The van der Waals surface area contributed by atoms with Crippen molar-refractivity contribution in [2.45, 2.75) is 13.5 Å². The minimum atomic E-state index is 0.431. The number of hydrogen-bond acceptors (Lipinski definition) is 3. The average molecular weight is 138 g/mol. The standard InChI is InChI=1S/C5H8N2O.C2H2/c1-4-2-5(3-6)8-7-4;1-2/h2H,3,6H2,1H3;1-2H. The van der Waals surface area contributed by atoms with Crippen LogP contribution in [0.3, 0.4) is 0 Å². The molecule has 0 saturated carbocycles. The molecule has 1 heterocycles. The molecule has 0 aliphatic heterocycles. The summed E-state index contributed by atoms with van der Waals surface area (Å²) in [4.78, 5) is 0. The third-order valence-corrected chi connectivity index (χ3v) is 0.878. The van der Waals surface area contributed by atoms with E-state index >= 15 is 0 Å². The quantitative estimate of drug-likeness (QED) is 0.581. The fourth-order valence-corrected chi connectivity index (χ4v) is 0.513. The second kappa shape index (κ2) is 4.59.